The molecule has 7 heteroatoms. The molecule has 1 saturated heterocycles. The second-order valence-corrected chi connectivity index (χ2v) is 5.42. The molecule has 22 heavy (non-hydrogen) atoms. The van der Waals surface area contributed by atoms with Crippen LogP contribution in [0.4, 0.5) is 21.7 Å². The highest BCUT2D eigenvalue weighted by atomic mass is 19.1. The topological polar surface area (TPSA) is 84.3 Å². The van der Waals surface area contributed by atoms with Crippen molar-refractivity contribution in [2.45, 2.75) is 6.54 Å². The zero-order valence-corrected chi connectivity index (χ0v) is 12.2. The molecule has 2 aromatic heterocycles. The van der Waals surface area contributed by atoms with Gasteiger partial charge in [0.25, 0.3) is 0 Å². The molecule has 0 spiro atoms. The Morgan fingerprint density at radius 1 is 1.05 bits per heavy atom. The summed E-state index contributed by atoms with van der Waals surface area (Å²) >= 11 is 0. The van der Waals surface area contributed by atoms with Gasteiger partial charge in [-0.25, -0.2) is 14.4 Å². The van der Waals surface area contributed by atoms with Crippen molar-refractivity contribution in [1.29, 1.82) is 0 Å². The molecule has 3 heterocycles. The van der Waals surface area contributed by atoms with Crippen molar-refractivity contribution in [3.05, 3.63) is 42.0 Å². The van der Waals surface area contributed by atoms with E-state index < -0.39 is 0 Å². The Kier molecular flexibility index (Phi) is 4.06. The monoisotopic (exact) mass is 302 g/mol. The van der Waals surface area contributed by atoms with Crippen LogP contribution in [0.2, 0.25) is 0 Å². The molecule has 2 aromatic rings. The molecular weight excluding hydrogens is 283 g/mol. The molecule has 0 atom stereocenters. The molecule has 0 amide bonds. The molecule has 0 aromatic carbocycles. The zero-order valence-electron chi connectivity index (χ0n) is 12.2. The standard InChI is InChI=1S/C15H19FN6/c16-12-1-2-14(19-9-12)22-5-3-21(4-6-22)10-11-7-13(17)15(18)20-8-11/h1-2,7-9H,3-6,10,17H2,(H2,18,20). The number of rotatable bonds is 3. The fourth-order valence-electron chi connectivity index (χ4n) is 2.57. The Bertz CT molecular complexity index is 637. The first kappa shape index (κ1) is 14.5. The minimum atomic E-state index is -0.309. The van der Waals surface area contributed by atoms with Gasteiger partial charge in [0.05, 0.1) is 11.9 Å². The first-order chi connectivity index (χ1) is 10.6. The van der Waals surface area contributed by atoms with Crippen molar-refractivity contribution < 1.29 is 4.39 Å². The lowest BCUT2D eigenvalue weighted by Gasteiger charge is -2.35. The van der Waals surface area contributed by atoms with Crippen molar-refractivity contribution in [2.24, 2.45) is 0 Å². The number of anilines is 3. The smallest absolute Gasteiger partial charge is 0.146 e. The van der Waals surface area contributed by atoms with E-state index in [0.717, 1.165) is 44.1 Å². The highest BCUT2D eigenvalue weighted by molar-refractivity contribution is 5.58. The van der Waals surface area contributed by atoms with Crippen LogP contribution in [0.1, 0.15) is 5.56 Å². The third-order valence-corrected chi connectivity index (χ3v) is 3.82. The van der Waals surface area contributed by atoms with Gasteiger partial charge in [-0.2, -0.15) is 0 Å². The number of hydrogen-bond acceptors (Lipinski definition) is 6. The number of nitrogens with zero attached hydrogens (tertiary/aromatic N) is 4. The van der Waals surface area contributed by atoms with Gasteiger partial charge < -0.3 is 16.4 Å². The van der Waals surface area contributed by atoms with E-state index in [1.807, 2.05) is 6.07 Å². The van der Waals surface area contributed by atoms with E-state index in [4.69, 9.17) is 11.5 Å². The molecule has 6 nitrogen and oxygen atoms in total. The van der Waals surface area contributed by atoms with Gasteiger partial charge in [0, 0.05) is 38.9 Å². The molecule has 3 rings (SSSR count). The van der Waals surface area contributed by atoms with E-state index in [2.05, 4.69) is 19.8 Å². The van der Waals surface area contributed by atoms with Crippen molar-refractivity contribution in [3.63, 3.8) is 0 Å². The minimum absolute atomic E-state index is 0.309. The van der Waals surface area contributed by atoms with Crippen LogP contribution in [-0.2, 0) is 6.54 Å². The van der Waals surface area contributed by atoms with Gasteiger partial charge in [0.2, 0.25) is 0 Å². The third-order valence-electron chi connectivity index (χ3n) is 3.82. The van der Waals surface area contributed by atoms with Crippen LogP contribution in [0.3, 0.4) is 0 Å². The van der Waals surface area contributed by atoms with Crippen LogP contribution in [-0.4, -0.2) is 41.0 Å². The average molecular weight is 302 g/mol. The summed E-state index contributed by atoms with van der Waals surface area (Å²) in [5.41, 5.74) is 13.0. The number of aromatic nitrogens is 2. The maximum absolute atomic E-state index is 12.9. The number of nitrogen functional groups attached to an aromatic ring is 2. The Hall–Kier alpha value is -2.41. The second-order valence-electron chi connectivity index (χ2n) is 5.42. The molecule has 1 fully saturated rings. The van der Waals surface area contributed by atoms with Crippen LogP contribution >= 0.6 is 0 Å². The van der Waals surface area contributed by atoms with Crippen molar-refractivity contribution in [3.8, 4) is 0 Å². The normalized spacial score (nSPS) is 16.0. The van der Waals surface area contributed by atoms with E-state index in [1.165, 1.54) is 12.3 Å². The molecular formula is C15H19FN6. The van der Waals surface area contributed by atoms with E-state index >= 15 is 0 Å². The van der Waals surface area contributed by atoms with Crippen molar-refractivity contribution >= 4 is 17.3 Å². The summed E-state index contributed by atoms with van der Waals surface area (Å²) in [5, 5.41) is 0. The number of halogens is 1. The Morgan fingerprint density at radius 3 is 2.45 bits per heavy atom. The lowest BCUT2D eigenvalue weighted by molar-refractivity contribution is 0.249. The summed E-state index contributed by atoms with van der Waals surface area (Å²) in [4.78, 5) is 12.7. The minimum Gasteiger partial charge on any atom is -0.396 e. The van der Waals surface area contributed by atoms with Gasteiger partial charge in [0.15, 0.2) is 0 Å². The summed E-state index contributed by atoms with van der Waals surface area (Å²) in [5.74, 6) is 0.881. The van der Waals surface area contributed by atoms with Crippen LogP contribution in [0.25, 0.3) is 0 Å². The molecule has 0 aliphatic carbocycles. The van der Waals surface area contributed by atoms with Crippen LogP contribution < -0.4 is 16.4 Å². The average Bonchev–Trinajstić information content (AvgIpc) is 2.53. The van der Waals surface area contributed by atoms with Crippen LogP contribution in [0, 0.1) is 5.82 Å². The van der Waals surface area contributed by atoms with E-state index in [-0.39, 0.29) is 5.82 Å². The van der Waals surface area contributed by atoms with E-state index in [0.29, 0.717) is 11.5 Å². The molecule has 116 valence electrons. The molecule has 0 saturated carbocycles. The first-order valence-electron chi connectivity index (χ1n) is 7.20. The molecule has 0 bridgehead atoms. The van der Waals surface area contributed by atoms with E-state index in [9.17, 15) is 4.39 Å². The summed E-state index contributed by atoms with van der Waals surface area (Å²) in [6.45, 7) is 4.32. The first-order valence-corrected chi connectivity index (χ1v) is 7.20. The molecule has 1 aliphatic rings. The Balaban J connectivity index is 1.57. The van der Waals surface area contributed by atoms with Gasteiger partial charge >= 0.3 is 0 Å². The highest BCUT2D eigenvalue weighted by Crippen LogP contribution is 2.17. The quantitative estimate of drug-likeness (QED) is 0.883. The predicted molar refractivity (Wildman–Crippen MR) is 84.7 cm³/mol. The number of pyridine rings is 2. The Labute approximate surface area is 128 Å². The third kappa shape index (κ3) is 3.25. The maximum atomic E-state index is 12.9. The van der Waals surface area contributed by atoms with Gasteiger partial charge in [-0.1, -0.05) is 0 Å². The van der Waals surface area contributed by atoms with Crippen LogP contribution in [0.5, 0.6) is 0 Å². The fraction of sp³-hybridized carbons (Fsp3) is 0.333. The number of piperazine rings is 1. The van der Waals surface area contributed by atoms with E-state index in [1.54, 1.807) is 12.3 Å². The second kappa shape index (κ2) is 6.15. The fourth-order valence-corrected chi connectivity index (χ4v) is 2.57. The van der Waals surface area contributed by atoms with Gasteiger partial charge in [-0.3, -0.25) is 4.90 Å². The lowest BCUT2D eigenvalue weighted by atomic mass is 10.2. The predicted octanol–water partition coefficient (Wildman–Crippen LogP) is 1.10. The summed E-state index contributed by atoms with van der Waals surface area (Å²) in [6, 6.07) is 5.03. The van der Waals surface area contributed by atoms with Crippen molar-refractivity contribution in [2.75, 3.05) is 42.5 Å². The molecule has 0 radical (unpaired) electrons. The lowest BCUT2D eigenvalue weighted by Crippen LogP contribution is -2.46. The maximum Gasteiger partial charge on any atom is 0.146 e. The highest BCUT2D eigenvalue weighted by Gasteiger charge is 2.18. The summed E-state index contributed by atoms with van der Waals surface area (Å²) in [7, 11) is 0. The number of hydrogen-bond donors (Lipinski definition) is 2. The summed E-state index contributed by atoms with van der Waals surface area (Å²) < 4.78 is 12.9. The number of nitrogens with two attached hydrogens (primary N) is 2. The van der Waals surface area contributed by atoms with Gasteiger partial charge in [0.1, 0.15) is 17.5 Å². The molecule has 4 N–H and O–H groups in total. The summed E-state index contributed by atoms with van der Waals surface area (Å²) in [6.07, 6.45) is 3.02. The van der Waals surface area contributed by atoms with Gasteiger partial charge in [-0.05, 0) is 23.8 Å². The van der Waals surface area contributed by atoms with Crippen LogP contribution in [0.15, 0.2) is 30.6 Å². The molecule has 1 aliphatic heterocycles. The largest absolute Gasteiger partial charge is 0.396 e. The van der Waals surface area contributed by atoms with Crippen molar-refractivity contribution in [1.82, 2.24) is 14.9 Å². The SMILES string of the molecule is Nc1cc(CN2CCN(c3ccc(F)cn3)CC2)cnc1N. The zero-order chi connectivity index (χ0) is 15.5. The molecule has 0 unspecified atom stereocenters. The Morgan fingerprint density at radius 2 is 1.82 bits per heavy atom. The van der Waals surface area contributed by atoms with Gasteiger partial charge in [-0.15, -0.1) is 0 Å².